The number of urea groups is 1. The molecule has 0 radical (unpaired) electrons. The molecule has 1 fully saturated rings. The minimum Gasteiger partial charge on any atom is -0.497 e. The normalized spacial score (nSPS) is 14.9. The van der Waals surface area contributed by atoms with Crippen LogP contribution in [0.2, 0.25) is 0 Å². The van der Waals surface area contributed by atoms with Crippen LogP contribution in [-0.2, 0) is 16.0 Å². The van der Waals surface area contributed by atoms with Gasteiger partial charge < -0.3 is 9.47 Å². The number of carbonyl (C=O) groups is 3. The maximum Gasteiger partial charge on any atom is 0.335 e. The molecule has 3 aromatic rings. The van der Waals surface area contributed by atoms with Gasteiger partial charge in [0.05, 0.1) is 19.9 Å². The molecule has 4 amide bonds. The van der Waals surface area contributed by atoms with Gasteiger partial charge in [-0.3, -0.25) is 14.9 Å². The number of imide groups is 2. The Balaban J connectivity index is 1.64. The number of nitrogens with one attached hydrogen (secondary N) is 1. The highest BCUT2D eigenvalue weighted by Crippen LogP contribution is 2.27. The maximum atomic E-state index is 13.5. The van der Waals surface area contributed by atoms with Crippen molar-refractivity contribution in [2.75, 3.05) is 19.1 Å². The van der Waals surface area contributed by atoms with Crippen LogP contribution >= 0.6 is 0 Å². The van der Waals surface area contributed by atoms with Gasteiger partial charge in [0, 0.05) is 6.42 Å². The fourth-order valence-electron chi connectivity index (χ4n) is 3.65. The third-order valence-corrected chi connectivity index (χ3v) is 5.34. The number of hydrogen-bond donors (Lipinski definition) is 1. The van der Waals surface area contributed by atoms with E-state index in [1.165, 1.54) is 32.4 Å². The number of hydrogen-bond acceptors (Lipinski definition) is 5. The first-order valence-corrected chi connectivity index (χ1v) is 10.4. The molecule has 172 valence electrons. The van der Waals surface area contributed by atoms with Crippen molar-refractivity contribution in [3.63, 3.8) is 0 Å². The van der Waals surface area contributed by atoms with Crippen LogP contribution < -0.4 is 19.7 Å². The van der Waals surface area contributed by atoms with Crippen LogP contribution in [0, 0.1) is 5.82 Å². The zero-order valence-corrected chi connectivity index (χ0v) is 18.5. The van der Waals surface area contributed by atoms with Gasteiger partial charge in [-0.1, -0.05) is 24.3 Å². The molecule has 0 aromatic heterocycles. The van der Waals surface area contributed by atoms with Crippen molar-refractivity contribution < 1.29 is 28.2 Å². The molecular weight excluding hydrogens is 439 g/mol. The number of methoxy groups -OCH3 is 2. The summed E-state index contributed by atoms with van der Waals surface area (Å²) in [6.07, 6.45) is 1.84. The molecule has 34 heavy (non-hydrogen) atoms. The molecule has 8 heteroatoms. The SMILES string of the molecule is COc1ccc(N2C(=O)NC(=O)/C(=C\c3ccc(Cc4cccc(F)c4)c(OC)c3)C2=O)cc1. The molecule has 4 rings (SSSR count). The van der Waals surface area contributed by atoms with Gasteiger partial charge in [0.25, 0.3) is 11.8 Å². The Morgan fingerprint density at radius 3 is 2.38 bits per heavy atom. The molecule has 3 aromatic carbocycles. The number of ether oxygens (including phenoxy) is 2. The number of rotatable bonds is 6. The lowest BCUT2D eigenvalue weighted by Crippen LogP contribution is -2.54. The summed E-state index contributed by atoms with van der Waals surface area (Å²) in [7, 11) is 3.01. The zero-order chi connectivity index (χ0) is 24.2. The molecule has 0 unspecified atom stereocenters. The minimum atomic E-state index is -0.833. The Morgan fingerprint density at radius 1 is 0.941 bits per heavy atom. The van der Waals surface area contributed by atoms with Gasteiger partial charge in [-0.2, -0.15) is 0 Å². The van der Waals surface area contributed by atoms with Gasteiger partial charge in [0.1, 0.15) is 22.9 Å². The number of anilines is 1. The summed E-state index contributed by atoms with van der Waals surface area (Å²) in [5, 5.41) is 2.20. The highest BCUT2D eigenvalue weighted by Gasteiger charge is 2.36. The Hall–Kier alpha value is -4.46. The smallest absolute Gasteiger partial charge is 0.335 e. The van der Waals surface area contributed by atoms with Crippen molar-refractivity contribution in [2.24, 2.45) is 0 Å². The second-order valence-corrected chi connectivity index (χ2v) is 7.53. The van der Waals surface area contributed by atoms with E-state index in [1.54, 1.807) is 48.5 Å². The van der Waals surface area contributed by atoms with Crippen LogP contribution in [0.15, 0.2) is 72.3 Å². The van der Waals surface area contributed by atoms with Gasteiger partial charge in [0.2, 0.25) is 0 Å². The molecule has 0 bridgehead atoms. The first kappa shape index (κ1) is 22.7. The largest absolute Gasteiger partial charge is 0.497 e. The predicted octanol–water partition coefficient (Wildman–Crippen LogP) is 4.10. The molecule has 1 heterocycles. The molecule has 0 saturated carbocycles. The first-order chi connectivity index (χ1) is 16.4. The van der Waals surface area contributed by atoms with E-state index in [1.807, 2.05) is 6.07 Å². The fourth-order valence-corrected chi connectivity index (χ4v) is 3.65. The average molecular weight is 460 g/mol. The van der Waals surface area contributed by atoms with Crippen LogP contribution in [0.1, 0.15) is 16.7 Å². The van der Waals surface area contributed by atoms with Crippen molar-refractivity contribution in [3.8, 4) is 11.5 Å². The Labute approximate surface area is 195 Å². The van der Waals surface area contributed by atoms with Gasteiger partial charge >= 0.3 is 6.03 Å². The first-order valence-electron chi connectivity index (χ1n) is 10.4. The van der Waals surface area contributed by atoms with Crippen molar-refractivity contribution in [3.05, 3.63) is 94.8 Å². The summed E-state index contributed by atoms with van der Waals surface area (Å²) >= 11 is 0. The van der Waals surface area contributed by atoms with Crippen LogP contribution in [0.25, 0.3) is 6.08 Å². The number of benzene rings is 3. The van der Waals surface area contributed by atoms with Gasteiger partial charge in [-0.05, 0) is 65.2 Å². The molecule has 1 N–H and O–H groups in total. The summed E-state index contributed by atoms with van der Waals surface area (Å²) in [6.45, 7) is 0. The van der Waals surface area contributed by atoms with E-state index in [4.69, 9.17) is 9.47 Å². The van der Waals surface area contributed by atoms with E-state index in [0.29, 0.717) is 29.2 Å². The highest BCUT2D eigenvalue weighted by molar-refractivity contribution is 6.39. The number of carbonyl (C=O) groups excluding carboxylic acids is 3. The minimum absolute atomic E-state index is 0.199. The topological polar surface area (TPSA) is 84.9 Å². The van der Waals surface area contributed by atoms with E-state index in [0.717, 1.165) is 16.0 Å². The van der Waals surface area contributed by atoms with E-state index >= 15 is 0 Å². The molecule has 1 saturated heterocycles. The van der Waals surface area contributed by atoms with Gasteiger partial charge in [-0.15, -0.1) is 0 Å². The van der Waals surface area contributed by atoms with Crippen LogP contribution in [0.3, 0.4) is 0 Å². The van der Waals surface area contributed by atoms with Crippen LogP contribution in [0.4, 0.5) is 14.9 Å². The summed E-state index contributed by atoms with van der Waals surface area (Å²) in [6, 6.07) is 16.9. The summed E-state index contributed by atoms with van der Waals surface area (Å²) in [4.78, 5) is 38.8. The quantitative estimate of drug-likeness (QED) is 0.442. The number of halogens is 1. The van der Waals surface area contributed by atoms with Crippen LogP contribution in [0.5, 0.6) is 11.5 Å². The molecule has 0 spiro atoms. The van der Waals surface area contributed by atoms with Gasteiger partial charge in [0.15, 0.2) is 0 Å². The standard InChI is InChI=1S/C26H21FN2O5/c1-33-21-10-8-20(9-11-21)29-25(31)22(24(30)28-26(29)32)14-17-6-7-18(23(15-17)34-2)12-16-4-3-5-19(27)13-16/h3-11,13-15H,12H2,1-2H3,(H,28,30,32)/b22-14+. The van der Waals surface area contributed by atoms with Crippen molar-refractivity contribution >= 4 is 29.6 Å². The average Bonchev–Trinajstić information content (AvgIpc) is 2.83. The summed E-state index contributed by atoms with van der Waals surface area (Å²) in [5.74, 6) is -0.781. The second-order valence-electron chi connectivity index (χ2n) is 7.53. The molecule has 1 aliphatic heterocycles. The van der Waals surface area contributed by atoms with E-state index < -0.39 is 17.8 Å². The predicted molar refractivity (Wildman–Crippen MR) is 124 cm³/mol. The van der Waals surface area contributed by atoms with Crippen molar-refractivity contribution in [2.45, 2.75) is 6.42 Å². The summed E-state index contributed by atoms with van der Waals surface area (Å²) < 4.78 is 24.1. The summed E-state index contributed by atoms with van der Waals surface area (Å²) in [5.41, 5.74) is 2.21. The number of barbiturate groups is 1. The third kappa shape index (κ3) is 4.66. The maximum absolute atomic E-state index is 13.5. The van der Waals surface area contributed by atoms with Crippen LogP contribution in [-0.4, -0.2) is 32.1 Å². The lowest BCUT2D eigenvalue weighted by atomic mass is 10.0. The number of nitrogens with zero attached hydrogens (tertiary/aromatic N) is 1. The lowest BCUT2D eigenvalue weighted by Gasteiger charge is -2.26. The number of amides is 4. The molecule has 0 atom stereocenters. The molecule has 0 aliphatic carbocycles. The Bertz CT molecular complexity index is 1300. The molecule has 1 aliphatic rings. The molecule has 7 nitrogen and oxygen atoms in total. The van der Waals surface area contributed by atoms with E-state index in [2.05, 4.69) is 5.32 Å². The third-order valence-electron chi connectivity index (χ3n) is 5.34. The van der Waals surface area contributed by atoms with Crippen molar-refractivity contribution in [1.82, 2.24) is 5.32 Å². The lowest BCUT2D eigenvalue weighted by molar-refractivity contribution is -0.122. The second kappa shape index (κ2) is 9.58. The Kier molecular flexibility index (Phi) is 6.40. The van der Waals surface area contributed by atoms with E-state index in [-0.39, 0.29) is 11.4 Å². The highest BCUT2D eigenvalue weighted by atomic mass is 19.1. The monoisotopic (exact) mass is 460 g/mol. The van der Waals surface area contributed by atoms with Gasteiger partial charge in [-0.25, -0.2) is 14.1 Å². The fraction of sp³-hybridized carbons (Fsp3) is 0.115. The zero-order valence-electron chi connectivity index (χ0n) is 18.5. The molecular formula is C26H21FN2O5. The Morgan fingerprint density at radius 2 is 1.71 bits per heavy atom. The van der Waals surface area contributed by atoms with E-state index in [9.17, 15) is 18.8 Å². The van der Waals surface area contributed by atoms with Crippen molar-refractivity contribution in [1.29, 1.82) is 0 Å².